The summed E-state index contributed by atoms with van der Waals surface area (Å²) in [6.07, 6.45) is 8.24. The molecule has 270 valence electrons. The Morgan fingerprint density at radius 2 is 1.65 bits per heavy atom. The standard InChI is InChI=1S/C31H39N9OS2.C5H10O2.Zn/c1-30(2,3)26-35-36-28(43-26)34-29(39(20-22-12-9-10-15-33-22)18-11-17-38-19-16-32-21-38)40-25(23-13-7-8-14-24(23)41)42-27(37-40)31(4,5)6;1-5(2,3)4(6)7;/h7-10,12-16,19,21,25,41H,11,17-18,20H2,1-6H3;1-3H3,(H,6,7);/b34-29+;;. The number of nitrogens with zero attached hydrogens (tertiary/aromatic N) is 9. The first-order chi connectivity index (χ1) is 23.4. The van der Waals surface area contributed by atoms with Crippen LogP contribution in [0.15, 0.2) is 77.5 Å². The van der Waals surface area contributed by atoms with Crippen molar-refractivity contribution in [2.45, 2.75) is 92.6 Å². The van der Waals surface area contributed by atoms with E-state index < -0.39 is 11.4 Å². The second kappa shape index (κ2) is 17.7. The van der Waals surface area contributed by atoms with E-state index in [1.807, 2.05) is 60.1 Å². The number of hydrogen-bond donors (Lipinski definition) is 2. The minimum Gasteiger partial charge on any atom is -0.508 e. The number of guanidine groups is 1. The zero-order valence-corrected chi connectivity index (χ0v) is 35.7. The second-order valence-electron chi connectivity index (χ2n) is 15.0. The number of aromatic nitrogens is 5. The van der Waals surface area contributed by atoms with E-state index in [4.69, 9.17) is 15.2 Å². The molecule has 1 aliphatic heterocycles. The van der Waals surface area contributed by atoms with E-state index in [1.54, 1.807) is 44.8 Å². The van der Waals surface area contributed by atoms with Crippen molar-refractivity contribution in [2.75, 3.05) is 6.54 Å². The van der Waals surface area contributed by atoms with Crippen LogP contribution in [0.5, 0.6) is 5.75 Å². The fourth-order valence-electron chi connectivity index (χ4n) is 4.41. The number of carbonyl (C=O) groups is 1. The summed E-state index contributed by atoms with van der Waals surface area (Å²) >= 11 is 3.12. The monoisotopic (exact) mass is 783 g/mol. The number of hydrazone groups is 1. The van der Waals surface area contributed by atoms with Gasteiger partial charge in [-0.25, -0.2) is 9.99 Å². The van der Waals surface area contributed by atoms with Crippen LogP contribution in [-0.2, 0) is 42.8 Å². The average Bonchev–Trinajstić information content (AvgIpc) is 3.81. The number of phenolic OH excluding ortho intramolecular Hbond substituents is 1. The fraction of sp³-hybridized carbons (Fsp3) is 0.472. The van der Waals surface area contributed by atoms with Crippen LogP contribution in [0.3, 0.4) is 0 Å². The maximum absolute atomic E-state index is 11.0. The van der Waals surface area contributed by atoms with Gasteiger partial charge < -0.3 is 19.7 Å². The predicted octanol–water partition coefficient (Wildman–Crippen LogP) is 7.93. The Morgan fingerprint density at radius 3 is 2.20 bits per heavy atom. The van der Waals surface area contributed by atoms with Crippen LogP contribution in [0.2, 0.25) is 0 Å². The van der Waals surface area contributed by atoms with Gasteiger partial charge in [-0.05, 0) is 45.4 Å². The third kappa shape index (κ3) is 11.9. The Morgan fingerprint density at radius 1 is 0.961 bits per heavy atom. The van der Waals surface area contributed by atoms with Gasteiger partial charge in [-0.2, -0.15) is 10.1 Å². The van der Waals surface area contributed by atoms with E-state index in [1.165, 1.54) is 11.3 Å². The molecule has 0 aliphatic carbocycles. The number of thioether (sulfide) groups is 1. The van der Waals surface area contributed by atoms with Gasteiger partial charge in [-0.1, -0.05) is 88.9 Å². The maximum atomic E-state index is 11.0. The van der Waals surface area contributed by atoms with E-state index in [0.717, 1.165) is 34.3 Å². The first-order valence-electron chi connectivity index (χ1n) is 16.5. The second-order valence-corrected chi connectivity index (χ2v) is 17.1. The molecular weight excluding hydrogens is 736 g/mol. The Balaban J connectivity index is 0.000000797. The van der Waals surface area contributed by atoms with E-state index in [0.29, 0.717) is 24.2 Å². The molecule has 15 heteroatoms. The zero-order valence-electron chi connectivity index (χ0n) is 31.1. The molecule has 0 amide bonds. The first-order valence-corrected chi connectivity index (χ1v) is 18.2. The van der Waals surface area contributed by atoms with Gasteiger partial charge in [0.2, 0.25) is 11.1 Å². The summed E-state index contributed by atoms with van der Waals surface area (Å²) in [5.41, 5.74) is 0.745. The van der Waals surface area contributed by atoms with Crippen LogP contribution >= 0.6 is 23.1 Å². The number of para-hydroxylation sites is 1. The molecule has 3 aromatic heterocycles. The molecule has 5 rings (SSSR count). The summed E-state index contributed by atoms with van der Waals surface area (Å²) in [6, 6.07) is 13.4. The van der Waals surface area contributed by atoms with Crippen molar-refractivity contribution in [1.82, 2.24) is 34.6 Å². The number of carboxylic acid groups (broad SMARTS) is 1. The molecule has 0 fully saturated rings. The van der Waals surface area contributed by atoms with Crippen LogP contribution in [0.1, 0.15) is 90.4 Å². The summed E-state index contributed by atoms with van der Waals surface area (Å²) in [5.74, 6) is 0.0948. The van der Waals surface area contributed by atoms with Gasteiger partial charge in [0.25, 0.3) is 0 Å². The molecule has 0 saturated heterocycles. The Labute approximate surface area is 322 Å². The number of aliphatic imine (C=N–C) groups is 1. The van der Waals surface area contributed by atoms with Crippen molar-refractivity contribution >= 4 is 45.2 Å². The van der Waals surface area contributed by atoms with Crippen molar-refractivity contribution in [3.8, 4) is 5.75 Å². The molecule has 12 nitrogen and oxygen atoms in total. The van der Waals surface area contributed by atoms with Gasteiger partial charge in [0.05, 0.1) is 24.0 Å². The summed E-state index contributed by atoms with van der Waals surface area (Å²) in [6.45, 7) is 19.8. The molecule has 4 heterocycles. The van der Waals surface area contributed by atoms with Crippen LogP contribution in [0.25, 0.3) is 0 Å². The number of rotatable bonds is 8. The van der Waals surface area contributed by atoms with Crippen molar-refractivity contribution in [1.29, 1.82) is 0 Å². The van der Waals surface area contributed by atoms with E-state index >= 15 is 0 Å². The van der Waals surface area contributed by atoms with Crippen molar-refractivity contribution < 1.29 is 34.5 Å². The number of imidazole rings is 1. The van der Waals surface area contributed by atoms with Gasteiger partial charge in [0.15, 0.2) is 0 Å². The number of hydrogen-bond acceptors (Lipinski definition) is 10. The molecule has 0 spiro atoms. The molecule has 51 heavy (non-hydrogen) atoms. The van der Waals surface area contributed by atoms with Crippen molar-refractivity contribution in [2.24, 2.45) is 20.9 Å². The summed E-state index contributed by atoms with van der Waals surface area (Å²) in [5, 5.41) is 37.4. The van der Waals surface area contributed by atoms with Crippen molar-refractivity contribution in [3.05, 3.63) is 83.6 Å². The van der Waals surface area contributed by atoms with Crippen LogP contribution in [0.4, 0.5) is 5.13 Å². The van der Waals surface area contributed by atoms with Gasteiger partial charge in [-0.3, -0.25) is 9.78 Å². The maximum Gasteiger partial charge on any atom is 0.308 e. The molecule has 1 aliphatic rings. The molecule has 0 saturated carbocycles. The predicted molar refractivity (Wildman–Crippen MR) is 201 cm³/mol. The number of aromatic hydroxyl groups is 1. The van der Waals surface area contributed by atoms with Crippen LogP contribution < -0.4 is 0 Å². The molecule has 1 unspecified atom stereocenters. The normalized spacial score (nSPS) is 15.1. The molecule has 0 radical (unpaired) electrons. The smallest absolute Gasteiger partial charge is 0.308 e. The number of pyridine rings is 1. The van der Waals surface area contributed by atoms with Gasteiger partial charge in [0, 0.05) is 67.6 Å². The number of aryl methyl sites for hydroxylation is 1. The summed E-state index contributed by atoms with van der Waals surface area (Å²) in [4.78, 5) is 26.2. The number of phenols is 1. The number of benzene rings is 1. The Bertz CT molecular complexity index is 1760. The third-order valence-corrected chi connectivity index (χ3v) is 10.2. The van der Waals surface area contributed by atoms with Crippen LogP contribution in [-0.4, -0.2) is 68.4 Å². The number of aliphatic carboxylic acids is 1. The van der Waals surface area contributed by atoms with Gasteiger partial charge in [0.1, 0.15) is 21.2 Å². The van der Waals surface area contributed by atoms with Gasteiger partial charge in [-0.15, -0.1) is 10.2 Å². The largest absolute Gasteiger partial charge is 0.508 e. The minimum absolute atomic E-state index is 0. The van der Waals surface area contributed by atoms with E-state index in [9.17, 15) is 9.90 Å². The van der Waals surface area contributed by atoms with E-state index in [-0.39, 0.29) is 41.4 Å². The molecule has 1 aromatic carbocycles. The SMILES string of the molecule is CC(C)(C)C(=O)O.CC(C)(C)C1=NN(/C(=N/c2nnc(C(C)(C)C)s2)N(CCCn2ccnc2)Cc2ccccn2)C(c2ccccc2O)S1.[Zn]. The quantitative estimate of drug-likeness (QED) is 0.103. The Hall–Kier alpha value is -3.68. The van der Waals surface area contributed by atoms with E-state index in [2.05, 4.69) is 71.2 Å². The van der Waals surface area contributed by atoms with Crippen LogP contribution in [0, 0.1) is 10.8 Å². The van der Waals surface area contributed by atoms with Gasteiger partial charge >= 0.3 is 5.97 Å². The topological polar surface area (TPSA) is 145 Å². The average molecular weight is 785 g/mol. The third-order valence-electron chi connectivity index (χ3n) is 7.35. The molecule has 2 N–H and O–H groups in total. The molecule has 1 atom stereocenters. The summed E-state index contributed by atoms with van der Waals surface area (Å²) < 4.78 is 2.07. The molecule has 4 aromatic rings. The zero-order chi connectivity index (χ0) is 36.7. The molecular formula is C36H49N9O3S2Zn. The summed E-state index contributed by atoms with van der Waals surface area (Å²) in [7, 11) is 0. The minimum atomic E-state index is -0.757. The molecule has 0 bridgehead atoms. The first kappa shape index (κ1) is 41.7. The fourth-order valence-corrected chi connectivity index (χ4v) is 6.45. The van der Waals surface area contributed by atoms with Crippen molar-refractivity contribution in [3.63, 3.8) is 0 Å². The Kier molecular flexibility index (Phi) is 14.5. The number of carboxylic acids is 1.